The van der Waals surface area contributed by atoms with Crippen LogP contribution in [-0.4, -0.2) is 24.8 Å². The zero-order chi connectivity index (χ0) is 11.8. The van der Waals surface area contributed by atoms with Crippen LogP contribution in [0, 0.1) is 18.8 Å². The smallest absolute Gasteiger partial charge is 0.0474 e. The number of rotatable bonds is 2. The van der Waals surface area contributed by atoms with E-state index in [4.69, 9.17) is 5.11 Å². The Labute approximate surface area is 98.7 Å². The van der Waals surface area contributed by atoms with Crippen LogP contribution in [0.3, 0.4) is 0 Å². The molecule has 0 spiro atoms. The molecule has 1 saturated heterocycles. The molecule has 1 heterocycles. The standard InChI is InChI=1S/C7H15NO.C7H8/c1-2-6-3-8-4-7(6)5-9;1-7-5-3-2-4-6-7/h6-9H,2-5H2,1H3;2-6H,1H3/t6-,7-;/m1./s1. The summed E-state index contributed by atoms with van der Waals surface area (Å²) in [5.41, 5.74) is 1.32. The van der Waals surface area contributed by atoms with Gasteiger partial charge in [0.05, 0.1) is 0 Å². The SMILES string of the molecule is CC[C@@H]1CNC[C@@H]1CO.Cc1ccccc1. The Morgan fingerprint density at radius 3 is 2.19 bits per heavy atom. The number of aliphatic hydroxyl groups is 1. The van der Waals surface area contributed by atoms with Crippen LogP contribution >= 0.6 is 0 Å². The van der Waals surface area contributed by atoms with Gasteiger partial charge in [-0.1, -0.05) is 49.2 Å². The molecular formula is C14H23NO. The fourth-order valence-corrected chi connectivity index (χ4v) is 2.01. The number of nitrogens with one attached hydrogen (secondary N) is 1. The van der Waals surface area contributed by atoms with Crippen LogP contribution in [0.25, 0.3) is 0 Å². The minimum atomic E-state index is 0.353. The molecule has 90 valence electrons. The second-order valence-corrected chi connectivity index (χ2v) is 4.42. The Bertz CT molecular complexity index is 263. The van der Waals surface area contributed by atoms with Crippen molar-refractivity contribution in [2.75, 3.05) is 19.7 Å². The highest BCUT2D eigenvalue weighted by Gasteiger charge is 2.23. The van der Waals surface area contributed by atoms with Gasteiger partial charge in [0.15, 0.2) is 0 Å². The summed E-state index contributed by atoms with van der Waals surface area (Å²) in [6, 6.07) is 10.3. The van der Waals surface area contributed by atoms with Crippen LogP contribution < -0.4 is 5.32 Å². The van der Waals surface area contributed by atoms with E-state index in [1.165, 1.54) is 12.0 Å². The van der Waals surface area contributed by atoms with E-state index in [9.17, 15) is 0 Å². The van der Waals surface area contributed by atoms with Gasteiger partial charge in [-0.25, -0.2) is 0 Å². The lowest BCUT2D eigenvalue weighted by Crippen LogP contribution is -2.15. The van der Waals surface area contributed by atoms with Gasteiger partial charge in [0.1, 0.15) is 0 Å². The third-order valence-corrected chi connectivity index (χ3v) is 3.18. The molecule has 1 aromatic carbocycles. The lowest BCUT2D eigenvalue weighted by atomic mass is 9.95. The molecule has 2 atom stereocenters. The molecule has 1 fully saturated rings. The van der Waals surface area contributed by atoms with Crippen molar-refractivity contribution in [2.45, 2.75) is 20.3 Å². The number of aryl methyl sites for hydroxylation is 1. The van der Waals surface area contributed by atoms with Crippen molar-refractivity contribution in [2.24, 2.45) is 11.8 Å². The average molecular weight is 221 g/mol. The van der Waals surface area contributed by atoms with E-state index in [1.807, 2.05) is 18.2 Å². The van der Waals surface area contributed by atoms with Crippen molar-refractivity contribution in [3.63, 3.8) is 0 Å². The highest BCUT2D eigenvalue weighted by molar-refractivity contribution is 5.11. The van der Waals surface area contributed by atoms with Crippen LogP contribution in [0.4, 0.5) is 0 Å². The first-order valence-corrected chi connectivity index (χ1v) is 6.11. The Kier molecular flexibility index (Phi) is 6.12. The summed E-state index contributed by atoms with van der Waals surface area (Å²) >= 11 is 0. The van der Waals surface area contributed by atoms with E-state index >= 15 is 0 Å². The van der Waals surface area contributed by atoms with Gasteiger partial charge in [0.25, 0.3) is 0 Å². The quantitative estimate of drug-likeness (QED) is 0.802. The second-order valence-electron chi connectivity index (χ2n) is 4.42. The van der Waals surface area contributed by atoms with Crippen molar-refractivity contribution in [3.05, 3.63) is 35.9 Å². The minimum Gasteiger partial charge on any atom is -0.396 e. The van der Waals surface area contributed by atoms with E-state index in [0.717, 1.165) is 19.0 Å². The Hall–Kier alpha value is -0.860. The maximum Gasteiger partial charge on any atom is 0.0474 e. The van der Waals surface area contributed by atoms with Gasteiger partial charge in [-0.15, -0.1) is 0 Å². The maximum absolute atomic E-state index is 8.83. The van der Waals surface area contributed by atoms with Crippen molar-refractivity contribution < 1.29 is 5.11 Å². The van der Waals surface area contributed by atoms with Gasteiger partial charge in [-0.3, -0.25) is 0 Å². The molecule has 0 saturated carbocycles. The number of hydrogen-bond donors (Lipinski definition) is 2. The molecule has 2 rings (SSSR count). The first-order chi connectivity index (χ1) is 7.77. The van der Waals surface area contributed by atoms with E-state index in [2.05, 4.69) is 31.3 Å². The third-order valence-electron chi connectivity index (χ3n) is 3.18. The number of hydrogen-bond acceptors (Lipinski definition) is 2. The normalized spacial score (nSPS) is 23.7. The van der Waals surface area contributed by atoms with Crippen molar-refractivity contribution in [1.29, 1.82) is 0 Å². The molecule has 0 unspecified atom stereocenters. The topological polar surface area (TPSA) is 32.3 Å². The van der Waals surface area contributed by atoms with Crippen molar-refractivity contribution >= 4 is 0 Å². The van der Waals surface area contributed by atoms with Crippen LogP contribution in [0.1, 0.15) is 18.9 Å². The monoisotopic (exact) mass is 221 g/mol. The summed E-state index contributed by atoms with van der Waals surface area (Å²) in [7, 11) is 0. The molecule has 0 amide bonds. The Morgan fingerprint density at radius 1 is 1.19 bits per heavy atom. The van der Waals surface area contributed by atoms with E-state index in [0.29, 0.717) is 12.5 Å². The van der Waals surface area contributed by atoms with Gasteiger partial charge in [-0.05, 0) is 25.3 Å². The summed E-state index contributed by atoms with van der Waals surface area (Å²) in [6.45, 7) is 6.72. The number of aliphatic hydroxyl groups excluding tert-OH is 1. The highest BCUT2D eigenvalue weighted by Crippen LogP contribution is 2.18. The molecule has 1 aromatic rings. The molecule has 1 aliphatic heterocycles. The summed E-state index contributed by atoms with van der Waals surface area (Å²) in [4.78, 5) is 0. The molecule has 2 nitrogen and oxygen atoms in total. The minimum absolute atomic E-state index is 0.353. The summed E-state index contributed by atoms with van der Waals surface area (Å²) in [6.07, 6.45) is 1.19. The molecule has 16 heavy (non-hydrogen) atoms. The molecule has 0 bridgehead atoms. The molecular weight excluding hydrogens is 198 g/mol. The van der Waals surface area contributed by atoms with E-state index in [-0.39, 0.29) is 0 Å². The molecule has 2 heteroatoms. The van der Waals surface area contributed by atoms with Gasteiger partial charge >= 0.3 is 0 Å². The number of benzene rings is 1. The molecule has 2 N–H and O–H groups in total. The van der Waals surface area contributed by atoms with Gasteiger partial charge < -0.3 is 10.4 Å². The first-order valence-electron chi connectivity index (χ1n) is 6.11. The van der Waals surface area contributed by atoms with Crippen LogP contribution in [0.2, 0.25) is 0 Å². The average Bonchev–Trinajstić information content (AvgIpc) is 2.78. The zero-order valence-corrected chi connectivity index (χ0v) is 10.3. The van der Waals surface area contributed by atoms with Crippen LogP contribution in [0.5, 0.6) is 0 Å². The Morgan fingerprint density at radius 2 is 1.81 bits per heavy atom. The van der Waals surface area contributed by atoms with Gasteiger partial charge in [0, 0.05) is 13.2 Å². The third kappa shape index (κ3) is 4.33. The molecule has 1 aliphatic rings. The van der Waals surface area contributed by atoms with E-state index in [1.54, 1.807) is 0 Å². The van der Waals surface area contributed by atoms with Crippen LogP contribution in [-0.2, 0) is 0 Å². The fourth-order valence-electron chi connectivity index (χ4n) is 2.01. The molecule has 0 aromatic heterocycles. The van der Waals surface area contributed by atoms with Crippen molar-refractivity contribution in [1.82, 2.24) is 5.32 Å². The highest BCUT2D eigenvalue weighted by atomic mass is 16.3. The predicted molar refractivity (Wildman–Crippen MR) is 68.4 cm³/mol. The lowest BCUT2D eigenvalue weighted by Gasteiger charge is -2.12. The zero-order valence-electron chi connectivity index (χ0n) is 10.3. The van der Waals surface area contributed by atoms with Crippen LogP contribution in [0.15, 0.2) is 30.3 Å². The van der Waals surface area contributed by atoms with E-state index < -0.39 is 0 Å². The van der Waals surface area contributed by atoms with Gasteiger partial charge in [0.2, 0.25) is 0 Å². The summed E-state index contributed by atoms with van der Waals surface area (Å²) in [5, 5.41) is 12.1. The largest absolute Gasteiger partial charge is 0.396 e. The fraction of sp³-hybridized carbons (Fsp3) is 0.571. The van der Waals surface area contributed by atoms with Gasteiger partial charge in [-0.2, -0.15) is 0 Å². The second kappa shape index (κ2) is 7.42. The first kappa shape index (κ1) is 13.2. The van der Waals surface area contributed by atoms with Crippen molar-refractivity contribution in [3.8, 4) is 0 Å². The Balaban J connectivity index is 0.000000165. The predicted octanol–water partition coefficient (Wildman–Crippen LogP) is 2.22. The summed E-state index contributed by atoms with van der Waals surface area (Å²) in [5.74, 6) is 1.24. The summed E-state index contributed by atoms with van der Waals surface area (Å²) < 4.78 is 0. The molecule has 0 aliphatic carbocycles. The maximum atomic E-state index is 8.83. The lowest BCUT2D eigenvalue weighted by molar-refractivity contribution is 0.203. The molecule has 0 radical (unpaired) electrons.